The minimum absolute atomic E-state index is 0.224. The Bertz CT molecular complexity index is 488. The van der Waals surface area contributed by atoms with E-state index in [0.717, 1.165) is 0 Å². The summed E-state index contributed by atoms with van der Waals surface area (Å²) < 4.78 is 14.4. The van der Waals surface area contributed by atoms with Crippen LogP contribution >= 0.6 is 0 Å². The van der Waals surface area contributed by atoms with Crippen LogP contribution in [0.3, 0.4) is 0 Å². The molecule has 0 bridgehead atoms. The monoisotopic (exact) mass is 309 g/mol. The maximum absolute atomic E-state index is 11.4. The molecule has 1 rings (SSSR count). The molecule has 7 nitrogen and oxygen atoms in total. The molecule has 1 aromatic rings. The Labute approximate surface area is 128 Å². The molecule has 0 saturated carbocycles. The fourth-order valence-corrected chi connectivity index (χ4v) is 1.46. The van der Waals surface area contributed by atoms with Gasteiger partial charge in [0.05, 0.1) is 7.11 Å². The largest absolute Gasteiger partial charge is 0.482 e. The first-order chi connectivity index (χ1) is 10.6. The Morgan fingerprint density at radius 3 is 2.45 bits per heavy atom. The molecule has 0 aliphatic carbocycles. The molecular formula is C15H19NO6. The maximum atomic E-state index is 11.4. The number of para-hydroxylation sites is 1. The standard InChI is InChI=1S/C15H19NO6/c1-20-14(18)8-5-9-16-13(17)10-22-15(19)11-21-12-6-3-2-4-7-12/h2-4,6-7H,5,8-11H2,1H3,(H,16,17). The Morgan fingerprint density at radius 1 is 1.05 bits per heavy atom. The Morgan fingerprint density at radius 2 is 1.77 bits per heavy atom. The lowest BCUT2D eigenvalue weighted by atomic mass is 10.3. The van der Waals surface area contributed by atoms with E-state index in [1.807, 2.05) is 6.07 Å². The topological polar surface area (TPSA) is 90.9 Å². The lowest BCUT2D eigenvalue weighted by Crippen LogP contribution is -2.30. The van der Waals surface area contributed by atoms with E-state index in [2.05, 4.69) is 10.1 Å². The van der Waals surface area contributed by atoms with Crippen LogP contribution in [0, 0.1) is 0 Å². The van der Waals surface area contributed by atoms with Crippen molar-refractivity contribution in [3.8, 4) is 5.75 Å². The van der Waals surface area contributed by atoms with Gasteiger partial charge in [0.1, 0.15) is 5.75 Å². The fraction of sp³-hybridized carbons (Fsp3) is 0.400. The van der Waals surface area contributed by atoms with E-state index < -0.39 is 11.9 Å². The molecule has 0 radical (unpaired) electrons. The molecule has 0 fully saturated rings. The number of nitrogens with one attached hydrogen (secondary N) is 1. The number of methoxy groups -OCH3 is 1. The molecular weight excluding hydrogens is 290 g/mol. The van der Waals surface area contributed by atoms with Crippen molar-refractivity contribution in [1.82, 2.24) is 5.32 Å². The summed E-state index contributed by atoms with van der Waals surface area (Å²) in [5.74, 6) is -0.850. The number of hydrogen-bond donors (Lipinski definition) is 1. The van der Waals surface area contributed by atoms with Crippen LogP contribution in [0.4, 0.5) is 0 Å². The average Bonchev–Trinajstić information content (AvgIpc) is 2.55. The van der Waals surface area contributed by atoms with Gasteiger partial charge in [-0.05, 0) is 18.6 Å². The molecule has 7 heteroatoms. The second kappa shape index (κ2) is 10.2. The summed E-state index contributed by atoms with van der Waals surface area (Å²) in [6, 6.07) is 8.81. The minimum atomic E-state index is -0.631. The normalized spacial score (nSPS) is 9.68. The van der Waals surface area contributed by atoms with Gasteiger partial charge in [-0.2, -0.15) is 0 Å². The zero-order valence-electron chi connectivity index (χ0n) is 12.4. The van der Waals surface area contributed by atoms with Gasteiger partial charge in [0.2, 0.25) is 0 Å². The maximum Gasteiger partial charge on any atom is 0.344 e. The predicted molar refractivity (Wildman–Crippen MR) is 77.2 cm³/mol. The van der Waals surface area contributed by atoms with Gasteiger partial charge in [0, 0.05) is 13.0 Å². The Hall–Kier alpha value is -2.57. The van der Waals surface area contributed by atoms with E-state index in [1.165, 1.54) is 7.11 Å². The Balaban J connectivity index is 2.08. The van der Waals surface area contributed by atoms with E-state index in [0.29, 0.717) is 18.7 Å². The molecule has 0 aliphatic rings. The number of esters is 2. The fourth-order valence-electron chi connectivity index (χ4n) is 1.46. The number of benzene rings is 1. The molecule has 1 amide bonds. The molecule has 0 aliphatic heterocycles. The third-order valence-corrected chi connectivity index (χ3v) is 2.57. The van der Waals surface area contributed by atoms with E-state index in [9.17, 15) is 14.4 Å². The van der Waals surface area contributed by atoms with Crippen molar-refractivity contribution in [3.05, 3.63) is 30.3 Å². The summed E-state index contributed by atoms with van der Waals surface area (Å²) in [5, 5.41) is 2.53. The van der Waals surface area contributed by atoms with Crippen LogP contribution in [-0.2, 0) is 23.9 Å². The molecule has 0 heterocycles. The summed E-state index contributed by atoms with van der Waals surface area (Å²) in [6.45, 7) is -0.332. The van der Waals surface area contributed by atoms with Crippen molar-refractivity contribution in [3.63, 3.8) is 0 Å². The molecule has 0 atom stereocenters. The molecule has 0 unspecified atom stereocenters. The summed E-state index contributed by atoms with van der Waals surface area (Å²) in [4.78, 5) is 33.6. The highest BCUT2D eigenvalue weighted by atomic mass is 16.6. The summed E-state index contributed by atoms with van der Waals surface area (Å²) in [6.07, 6.45) is 0.685. The third-order valence-electron chi connectivity index (χ3n) is 2.57. The van der Waals surface area contributed by atoms with E-state index in [-0.39, 0.29) is 25.6 Å². The van der Waals surface area contributed by atoms with Crippen molar-refractivity contribution in [1.29, 1.82) is 0 Å². The van der Waals surface area contributed by atoms with Gasteiger partial charge >= 0.3 is 11.9 Å². The van der Waals surface area contributed by atoms with Crippen LogP contribution in [0.2, 0.25) is 0 Å². The number of rotatable bonds is 9. The van der Waals surface area contributed by atoms with Crippen LogP contribution in [0.15, 0.2) is 30.3 Å². The second-order valence-electron chi connectivity index (χ2n) is 4.29. The molecule has 0 aromatic heterocycles. The third kappa shape index (κ3) is 7.88. The first kappa shape index (κ1) is 17.5. The quantitative estimate of drug-likeness (QED) is 0.533. The number of amides is 1. The van der Waals surface area contributed by atoms with Gasteiger partial charge in [0.25, 0.3) is 5.91 Å². The highest BCUT2D eigenvalue weighted by Gasteiger charge is 2.08. The molecule has 120 valence electrons. The molecule has 1 aromatic carbocycles. The van der Waals surface area contributed by atoms with Crippen LogP contribution in [0.1, 0.15) is 12.8 Å². The summed E-state index contributed by atoms with van der Waals surface area (Å²) in [5.41, 5.74) is 0. The van der Waals surface area contributed by atoms with Gasteiger partial charge < -0.3 is 19.5 Å². The number of carbonyl (C=O) groups excluding carboxylic acids is 3. The number of ether oxygens (including phenoxy) is 3. The first-order valence-electron chi connectivity index (χ1n) is 6.79. The lowest BCUT2D eigenvalue weighted by Gasteiger charge is -2.07. The lowest BCUT2D eigenvalue weighted by molar-refractivity contribution is -0.150. The van der Waals surface area contributed by atoms with E-state index in [1.54, 1.807) is 24.3 Å². The van der Waals surface area contributed by atoms with Gasteiger partial charge in [-0.15, -0.1) is 0 Å². The molecule has 22 heavy (non-hydrogen) atoms. The van der Waals surface area contributed by atoms with Crippen LogP contribution < -0.4 is 10.1 Å². The number of carbonyl (C=O) groups is 3. The van der Waals surface area contributed by atoms with Gasteiger partial charge in [-0.3, -0.25) is 9.59 Å². The summed E-state index contributed by atoms with van der Waals surface area (Å²) in [7, 11) is 1.30. The SMILES string of the molecule is COC(=O)CCCNC(=O)COC(=O)COc1ccccc1. The highest BCUT2D eigenvalue weighted by Crippen LogP contribution is 2.07. The summed E-state index contributed by atoms with van der Waals surface area (Å²) >= 11 is 0. The average molecular weight is 309 g/mol. The van der Waals surface area contributed by atoms with Crippen LogP contribution in [0.5, 0.6) is 5.75 Å². The zero-order valence-corrected chi connectivity index (χ0v) is 12.4. The smallest absolute Gasteiger partial charge is 0.344 e. The van der Waals surface area contributed by atoms with Gasteiger partial charge in [0.15, 0.2) is 13.2 Å². The zero-order chi connectivity index (χ0) is 16.2. The van der Waals surface area contributed by atoms with Crippen LogP contribution in [0.25, 0.3) is 0 Å². The first-order valence-corrected chi connectivity index (χ1v) is 6.79. The predicted octanol–water partition coefficient (Wildman–Crippen LogP) is 0.678. The van der Waals surface area contributed by atoms with Gasteiger partial charge in [-0.25, -0.2) is 4.79 Å². The molecule has 1 N–H and O–H groups in total. The molecule has 0 saturated heterocycles. The van der Waals surface area contributed by atoms with Crippen molar-refractivity contribution >= 4 is 17.8 Å². The van der Waals surface area contributed by atoms with Crippen molar-refractivity contribution in [2.75, 3.05) is 26.9 Å². The van der Waals surface area contributed by atoms with Gasteiger partial charge in [-0.1, -0.05) is 18.2 Å². The van der Waals surface area contributed by atoms with Crippen LogP contribution in [-0.4, -0.2) is 44.7 Å². The second-order valence-corrected chi connectivity index (χ2v) is 4.29. The van der Waals surface area contributed by atoms with E-state index in [4.69, 9.17) is 9.47 Å². The van der Waals surface area contributed by atoms with Crippen molar-refractivity contribution in [2.24, 2.45) is 0 Å². The Kier molecular flexibility index (Phi) is 8.10. The van der Waals surface area contributed by atoms with Crippen molar-refractivity contribution in [2.45, 2.75) is 12.8 Å². The number of hydrogen-bond acceptors (Lipinski definition) is 6. The van der Waals surface area contributed by atoms with E-state index >= 15 is 0 Å². The highest BCUT2D eigenvalue weighted by molar-refractivity contribution is 5.80. The van der Waals surface area contributed by atoms with Crippen molar-refractivity contribution < 1.29 is 28.6 Å². The molecule has 0 spiro atoms. The minimum Gasteiger partial charge on any atom is -0.482 e.